The largest absolute Gasteiger partial charge is 0.345 e. The molecule has 1 aliphatic rings. The Labute approximate surface area is 194 Å². The van der Waals surface area contributed by atoms with Crippen molar-refractivity contribution in [1.82, 2.24) is 19.7 Å². The van der Waals surface area contributed by atoms with E-state index in [1.807, 2.05) is 37.2 Å². The third kappa shape index (κ3) is 5.16. The fourth-order valence-electron chi connectivity index (χ4n) is 3.97. The van der Waals surface area contributed by atoms with Gasteiger partial charge in [-0.1, -0.05) is 35.9 Å². The van der Waals surface area contributed by atoms with Crippen LogP contribution in [0.1, 0.15) is 24.1 Å². The van der Waals surface area contributed by atoms with E-state index in [0.29, 0.717) is 30.1 Å². The maximum Gasteiger partial charge on any atom is 0.240 e. The van der Waals surface area contributed by atoms with Crippen LogP contribution in [-0.2, 0) is 26.2 Å². The summed E-state index contributed by atoms with van der Waals surface area (Å²) in [6.45, 7) is 1.29. The first-order chi connectivity index (χ1) is 15.2. The molecule has 0 N–H and O–H groups in total. The molecule has 32 heavy (non-hydrogen) atoms. The fraction of sp³-hybridized carbons (Fsp3) is 0.417. The summed E-state index contributed by atoms with van der Waals surface area (Å²) < 4.78 is 0. The Morgan fingerprint density at radius 2 is 1.81 bits per heavy atom. The SMILES string of the molecule is CN(C)CCN1C(=O)C[C@@](CC(=O)N(C)CCc2ccccn2)(c2ccccc2Cl)C1=O. The molecule has 0 aliphatic carbocycles. The van der Waals surface area contributed by atoms with E-state index in [1.54, 1.807) is 42.4 Å². The van der Waals surface area contributed by atoms with E-state index in [0.717, 1.165) is 5.69 Å². The van der Waals surface area contributed by atoms with Crippen LogP contribution in [-0.4, -0.2) is 78.2 Å². The number of hydrogen-bond acceptors (Lipinski definition) is 5. The number of nitrogens with zero attached hydrogens (tertiary/aromatic N) is 4. The van der Waals surface area contributed by atoms with Crippen LogP contribution in [0.3, 0.4) is 0 Å². The summed E-state index contributed by atoms with van der Waals surface area (Å²) in [7, 11) is 5.47. The highest BCUT2D eigenvalue weighted by atomic mass is 35.5. The number of likely N-dealkylation sites (N-methyl/N-ethyl adjacent to an activating group) is 2. The zero-order valence-electron chi connectivity index (χ0n) is 18.8. The van der Waals surface area contributed by atoms with Gasteiger partial charge in [0.2, 0.25) is 17.7 Å². The van der Waals surface area contributed by atoms with Crippen LogP contribution in [0.25, 0.3) is 0 Å². The van der Waals surface area contributed by atoms with Gasteiger partial charge >= 0.3 is 0 Å². The van der Waals surface area contributed by atoms with Gasteiger partial charge in [-0.15, -0.1) is 0 Å². The lowest BCUT2D eigenvalue weighted by atomic mass is 9.75. The number of likely N-dealkylation sites (tertiary alicyclic amines) is 1. The number of pyridine rings is 1. The lowest BCUT2D eigenvalue weighted by molar-refractivity contribution is -0.142. The van der Waals surface area contributed by atoms with Crippen molar-refractivity contribution in [3.05, 3.63) is 64.9 Å². The Morgan fingerprint density at radius 3 is 2.47 bits per heavy atom. The van der Waals surface area contributed by atoms with Gasteiger partial charge in [0.15, 0.2) is 0 Å². The second-order valence-corrected chi connectivity index (χ2v) is 8.86. The van der Waals surface area contributed by atoms with Crippen LogP contribution < -0.4 is 0 Å². The summed E-state index contributed by atoms with van der Waals surface area (Å²) in [5.74, 6) is -0.846. The molecule has 1 aromatic carbocycles. The maximum atomic E-state index is 13.6. The van der Waals surface area contributed by atoms with E-state index in [4.69, 9.17) is 11.6 Å². The van der Waals surface area contributed by atoms with E-state index in [2.05, 4.69) is 4.98 Å². The van der Waals surface area contributed by atoms with Gasteiger partial charge in [-0.05, 0) is 37.9 Å². The predicted molar refractivity (Wildman–Crippen MR) is 123 cm³/mol. The molecule has 1 saturated heterocycles. The Hall–Kier alpha value is -2.77. The first kappa shape index (κ1) is 23.9. The smallest absolute Gasteiger partial charge is 0.240 e. The highest BCUT2D eigenvalue weighted by Crippen LogP contribution is 2.43. The van der Waals surface area contributed by atoms with Crippen molar-refractivity contribution < 1.29 is 14.4 Å². The molecule has 0 saturated carbocycles. The van der Waals surface area contributed by atoms with E-state index >= 15 is 0 Å². The zero-order valence-corrected chi connectivity index (χ0v) is 19.5. The monoisotopic (exact) mass is 456 g/mol. The van der Waals surface area contributed by atoms with Crippen molar-refractivity contribution in [1.29, 1.82) is 0 Å². The number of rotatable bonds is 9. The number of amides is 3. The second-order valence-electron chi connectivity index (χ2n) is 8.46. The lowest BCUT2D eigenvalue weighted by Crippen LogP contribution is -2.44. The summed E-state index contributed by atoms with van der Waals surface area (Å²) >= 11 is 6.46. The fourth-order valence-corrected chi connectivity index (χ4v) is 4.28. The van der Waals surface area contributed by atoms with Gasteiger partial charge in [-0.3, -0.25) is 24.3 Å². The zero-order chi connectivity index (χ0) is 23.3. The highest BCUT2D eigenvalue weighted by molar-refractivity contribution is 6.32. The van der Waals surface area contributed by atoms with Crippen LogP contribution in [0, 0.1) is 0 Å². The number of aromatic nitrogens is 1. The lowest BCUT2D eigenvalue weighted by Gasteiger charge is -2.30. The molecule has 8 heteroatoms. The Balaban J connectivity index is 1.84. The predicted octanol–water partition coefficient (Wildman–Crippen LogP) is 2.38. The molecule has 170 valence electrons. The standard InChI is InChI=1S/C24H29ClN4O3/c1-27(2)14-15-29-22(31)17-24(23(29)32,19-9-4-5-10-20(19)25)16-21(30)28(3)13-11-18-8-6-7-12-26-18/h4-10,12H,11,13-17H2,1-3H3/t24-/m0/s1. The minimum Gasteiger partial charge on any atom is -0.345 e. The number of carbonyl (C=O) groups excluding carboxylic acids is 3. The first-order valence-corrected chi connectivity index (χ1v) is 11.0. The van der Waals surface area contributed by atoms with Crippen molar-refractivity contribution in [3.8, 4) is 0 Å². The van der Waals surface area contributed by atoms with Gasteiger partial charge in [0.05, 0.1) is 5.41 Å². The van der Waals surface area contributed by atoms with Crippen molar-refractivity contribution in [2.75, 3.05) is 40.8 Å². The average Bonchev–Trinajstić information content (AvgIpc) is 3.01. The van der Waals surface area contributed by atoms with Crippen molar-refractivity contribution >= 4 is 29.3 Å². The second kappa shape index (κ2) is 10.2. The molecule has 2 heterocycles. The van der Waals surface area contributed by atoms with Gasteiger partial charge in [-0.25, -0.2) is 0 Å². The van der Waals surface area contributed by atoms with E-state index in [9.17, 15) is 14.4 Å². The van der Waals surface area contributed by atoms with Crippen molar-refractivity contribution in [2.45, 2.75) is 24.7 Å². The summed E-state index contributed by atoms with van der Waals surface area (Å²) in [6.07, 6.45) is 2.14. The summed E-state index contributed by atoms with van der Waals surface area (Å²) in [5.41, 5.74) is 0.117. The normalized spacial score (nSPS) is 18.5. The van der Waals surface area contributed by atoms with Crippen LogP contribution in [0.15, 0.2) is 48.7 Å². The molecule has 2 aromatic rings. The van der Waals surface area contributed by atoms with E-state index < -0.39 is 5.41 Å². The minimum atomic E-state index is -1.29. The average molecular weight is 457 g/mol. The first-order valence-electron chi connectivity index (χ1n) is 10.6. The quantitative estimate of drug-likeness (QED) is 0.542. The molecule has 1 aliphatic heterocycles. The van der Waals surface area contributed by atoms with E-state index in [-0.39, 0.29) is 37.1 Å². The van der Waals surface area contributed by atoms with Crippen molar-refractivity contribution in [3.63, 3.8) is 0 Å². The molecule has 3 amide bonds. The third-order valence-electron chi connectivity index (χ3n) is 5.88. The molecule has 0 bridgehead atoms. The molecular formula is C24H29ClN4O3. The minimum absolute atomic E-state index is 0.0667. The number of carbonyl (C=O) groups is 3. The molecule has 0 unspecified atom stereocenters. The molecular weight excluding hydrogens is 428 g/mol. The molecule has 7 nitrogen and oxygen atoms in total. The molecule has 3 rings (SSSR count). The summed E-state index contributed by atoms with van der Waals surface area (Å²) in [4.78, 5) is 48.7. The third-order valence-corrected chi connectivity index (χ3v) is 6.21. The molecule has 0 spiro atoms. The molecule has 1 aromatic heterocycles. The Kier molecular flexibility index (Phi) is 7.64. The summed E-state index contributed by atoms with van der Waals surface area (Å²) in [6, 6.07) is 12.6. The number of imide groups is 1. The van der Waals surface area contributed by atoms with Crippen molar-refractivity contribution in [2.24, 2.45) is 0 Å². The number of benzene rings is 1. The Bertz CT molecular complexity index is 982. The summed E-state index contributed by atoms with van der Waals surface area (Å²) in [5, 5.41) is 0.382. The molecule has 1 fully saturated rings. The number of hydrogen-bond donors (Lipinski definition) is 0. The van der Waals surface area contributed by atoms with Crippen LogP contribution in [0.5, 0.6) is 0 Å². The van der Waals surface area contributed by atoms with Crippen LogP contribution in [0.2, 0.25) is 5.02 Å². The highest BCUT2D eigenvalue weighted by Gasteiger charge is 2.54. The van der Waals surface area contributed by atoms with Crippen LogP contribution in [0.4, 0.5) is 0 Å². The Morgan fingerprint density at radius 1 is 1.09 bits per heavy atom. The van der Waals surface area contributed by atoms with Gasteiger partial charge < -0.3 is 9.80 Å². The molecule has 0 radical (unpaired) electrons. The molecule has 1 atom stereocenters. The van der Waals surface area contributed by atoms with Crippen LogP contribution >= 0.6 is 11.6 Å². The number of halogens is 1. The van der Waals surface area contributed by atoms with E-state index in [1.165, 1.54) is 4.90 Å². The van der Waals surface area contributed by atoms with Gasteiger partial charge in [0, 0.05) is 62.9 Å². The van der Waals surface area contributed by atoms with Gasteiger partial charge in [0.25, 0.3) is 0 Å². The maximum absolute atomic E-state index is 13.6. The topological polar surface area (TPSA) is 73.8 Å². The van der Waals surface area contributed by atoms with Gasteiger partial charge in [-0.2, -0.15) is 0 Å². The van der Waals surface area contributed by atoms with Gasteiger partial charge in [0.1, 0.15) is 0 Å².